The lowest BCUT2D eigenvalue weighted by Gasteiger charge is -2.30. The lowest BCUT2D eigenvalue weighted by Crippen LogP contribution is -2.43. The molecular formula is C16H18N2O3S. The molecule has 1 saturated heterocycles. The van der Waals surface area contributed by atoms with Crippen molar-refractivity contribution in [2.45, 2.75) is 18.6 Å². The lowest BCUT2D eigenvalue weighted by atomic mass is 9.98. The van der Waals surface area contributed by atoms with E-state index in [1.165, 1.54) is 11.8 Å². The van der Waals surface area contributed by atoms with Gasteiger partial charge in [-0.3, -0.25) is 9.59 Å². The van der Waals surface area contributed by atoms with Crippen LogP contribution in [0.1, 0.15) is 24.0 Å². The van der Waals surface area contributed by atoms with E-state index in [2.05, 4.69) is 6.07 Å². The number of nitrogens with zero attached hydrogens (tertiary/aromatic N) is 2. The van der Waals surface area contributed by atoms with Crippen molar-refractivity contribution >= 4 is 23.6 Å². The summed E-state index contributed by atoms with van der Waals surface area (Å²) < 4.78 is 0. The number of aliphatic carboxylic acids is 1. The quantitative estimate of drug-likeness (QED) is 0.899. The van der Waals surface area contributed by atoms with Crippen molar-refractivity contribution in [3.63, 3.8) is 0 Å². The number of carboxylic acid groups (broad SMARTS) is 1. The van der Waals surface area contributed by atoms with Crippen LogP contribution in [0.25, 0.3) is 0 Å². The minimum Gasteiger partial charge on any atom is -0.481 e. The van der Waals surface area contributed by atoms with Crippen molar-refractivity contribution in [1.82, 2.24) is 4.90 Å². The zero-order valence-electron chi connectivity index (χ0n) is 12.2. The number of amides is 1. The summed E-state index contributed by atoms with van der Waals surface area (Å²) in [5.41, 5.74) is 1.69. The maximum atomic E-state index is 12.1. The molecule has 1 aliphatic heterocycles. The van der Waals surface area contributed by atoms with Crippen LogP contribution in [0.15, 0.2) is 24.3 Å². The summed E-state index contributed by atoms with van der Waals surface area (Å²) in [5, 5.41) is 17.8. The van der Waals surface area contributed by atoms with E-state index in [1.807, 2.05) is 12.1 Å². The molecule has 1 N–H and O–H groups in total. The van der Waals surface area contributed by atoms with E-state index in [0.29, 0.717) is 36.6 Å². The van der Waals surface area contributed by atoms with Gasteiger partial charge in [-0.1, -0.05) is 12.1 Å². The maximum Gasteiger partial charge on any atom is 0.308 e. The minimum atomic E-state index is -0.817. The van der Waals surface area contributed by atoms with Crippen molar-refractivity contribution < 1.29 is 14.7 Å². The van der Waals surface area contributed by atoms with Crippen molar-refractivity contribution in [2.75, 3.05) is 18.8 Å². The molecule has 0 bridgehead atoms. The molecule has 0 aliphatic carbocycles. The standard InChI is InChI=1S/C16H18N2O3S/c17-8-12-3-5-13(6-4-12)10-22-11-15(19)18-7-1-2-14(9-18)16(20)21/h3-6,14H,1-2,7,9-11H2,(H,20,21)/t14-/m0/s1. The molecule has 1 amide bonds. The van der Waals surface area contributed by atoms with Gasteiger partial charge >= 0.3 is 5.97 Å². The number of nitriles is 1. The van der Waals surface area contributed by atoms with Gasteiger partial charge in [0.15, 0.2) is 0 Å². The average molecular weight is 318 g/mol. The van der Waals surface area contributed by atoms with Crippen molar-refractivity contribution in [3.05, 3.63) is 35.4 Å². The Bertz CT molecular complexity index is 580. The summed E-state index contributed by atoms with van der Waals surface area (Å²) in [5.74, 6) is -0.187. The van der Waals surface area contributed by atoms with Crippen molar-refractivity contribution in [1.29, 1.82) is 5.26 Å². The van der Waals surface area contributed by atoms with Crippen LogP contribution in [-0.2, 0) is 15.3 Å². The van der Waals surface area contributed by atoms with E-state index in [1.54, 1.807) is 17.0 Å². The van der Waals surface area contributed by atoms with E-state index in [0.717, 1.165) is 12.0 Å². The highest BCUT2D eigenvalue weighted by Crippen LogP contribution is 2.19. The molecule has 1 aromatic rings. The number of carbonyl (C=O) groups is 2. The van der Waals surface area contributed by atoms with Crippen LogP contribution >= 0.6 is 11.8 Å². The highest BCUT2D eigenvalue weighted by Gasteiger charge is 2.27. The molecular weight excluding hydrogens is 300 g/mol. The smallest absolute Gasteiger partial charge is 0.308 e. The van der Waals surface area contributed by atoms with Crippen LogP contribution in [0.3, 0.4) is 0 Å². The van der Waals surface area contributed by atoms with Crippen LogP contribution in [0.5, 0.6) is 0 Å². The van der Waals surface area contributed by atoms with E-state index < -0.39 is 11.9 Å². The predicted molar refractivity (Wildman–Crippen MR) is 84.3 cm³/mol. The largest absolute Gasteiger partial charge is 0.481 e. The van der Waals surface area contributed by atoms with Gasteiger partial charge in [0.05, 0.1) is 23.3 Å². The molecule has 1 heterocycles. The molecule has 1 fully saturated rings. The average Bonchev–Trinajstić information content (AvgIpc) is 2.55. The molecule has 2 rings (SSSR count). The number of likely N-dealkylation sites (tertiary alicyclic amines) is 1. The Hall–Kier alpha value is -2.00. The van der Waals surface area contributed by atoms with Gasteiger partial charge in [0.1, 0.15) is 0 Å². The van der Waals surface area contributed by atoms with Crippen LogP contribution in [-0.4, -0.2) is 40.7 Å². The second-order valence-corrected chi connectivity index (χ2v) is 6.30. The Morgan fingerprint density at radius 2 is 2.09 bits per heavy atom. The number of piperidine rings is 1. The molecule has 5 nitrogen and oxygen atoms in total. The minimum absolute atomic E-state index is 0.00425. The zero-order valence-corrected chi connectivity index (χ0v) is 13.0. The summed E-state index contributed by atoms with van der Waals surface area (Å²) in [6.45, 7) is 0.978. The van der Waals surface area contributed by atoms with E-state index in [-0.39, 0.29) is 5.91 Å². The molecule has 0 spiro atoms. The van der Waals surface area contributed by atoms with Crippen LogP contribution in [0.2, 0.25) is 0 Å². The number of hydrogen-bond donors (Lipinski definition) is 1. The Morgan fingerprint density at radius 1 is 1.36 bits per heavy atom. The first kappa shape index (κ1) is 16.4. The molecule has 22 heavy (non-hydrogen) atoms. The number of carboxylic acids is 1. The zero-order chi connectivity index (χ0) is 15.9. The van der Waals surface area contributed by atoms with Crippen molar-refractivity contribution in [2.24, 2.45) is 5.92 Å². The summed E-state index contributed by atoms with van der Waals surface area (Å²) in [6.07, 6.45) is 1.40. The lowest BCUT2D eigenvalue weighted by molar-refractivity contribution is -0.145. The first-order valence-corrected chi connectivity index (χ1v) is 8.33. The van der Waals surface area contributed by atoms with Gasteiger partial charge in [0.2, 0.25) is 5.91 Å². The van der Waals surface area contributed by atoms with Crippen LogP contribution in [0, 0.1) is 17.2 Å². The summed E-state index contributed by atoms with van der Waals surface area (Å²) in [7, 11) is 0. The number of hydrogen-bond acceptors (Lipinski definition) is 4. The normalized spacial score (nSPS) is 17.8. The van der Waals surface area contributed by atoms with E-state index in [4.69, 9.17) is 10.4 Å². The summed E-state index contributed by atoms with van der Waals surface area (Å²) in [4.78, 5) is 24.8. The van der Waals surface area contributed by atoms with Crippen LogP contribution < -0.4 is 0 Å². The molecule has 1 aliphatic rings. The number of benzene rings is 1. The third kappa shape index (κ3) is 4.50. The molecule has 0 aromatic heterocycles. The molecule has 0 unspecified atom stereocenters. The van der Waals surface area contributed by atoms with Gasteiger partial charge in [-0.25, -0.2) is 0 Å². The van der Waals surface area contributed by atoms with E-state index in [9.17, 15) is 9.59 Å². The highest BCUT2D eigenvalue weighted by molar-refractivity contribution is 7.99. The molecule has 0 saturated carbocycles. The SMILES string of the molecule is N#Cc1ccc(CSCC(=O)N2CCC[C@H](C(=O)O)C2)cc1. The van der Waals surface area contributed by atoms with Gasteiger partial charge in [-0.15, -0.1) is 11.8 Å². The first-order chi connectivity index (χ1) is 10.6. The second kappa shape index (κ2) is 7.85. The fourth-order valence-electron chi connectivity index (χ4n) is 2.43. The fourth-order valence-corrected chi connectivity index (χ4v) is 3.32. The monoisotopic (exact) mass is 318 g/mol. The number of carbonyl (C=O) groups excluding carboxylic acids is 1. The Labute approximate surface area is 133 Å². The van der Waals surface area contributed by atoms with Crippen molar-refractivity contribution in [3.8, 4) is 6.07 Å². The Morgan fingerprint density at radius 3 is 2.73 bits per heavy atom. The predicted octanol–water partition coefficient (Wildman–Crippen LogP) is 2.11. The Balaban J connectivity index is 1.77. The number of rotatable bonds is 5. The second-order valence-electron chi connectivity index (χ2n) is 5.32. The van der Waals surface area contributed by atoms with Gasteiger partial charge in [-0.05, 0) is 30.5 Å². The third-order valence-corrected chi connectivity index (χ3v) is 4.69. The van der Waals surface area contributed by atoms with Gasteiger partial charge < -0.3 is 10.0 Å². The van der Waals surface area contributed by atoms with Gasteiger partial charge in [-0.2, -0.15) is 5.26 Å². The summed E-state index contributed by atoms with van der Waals surface area (Å²) in [6, 6.07) is 9.37. The molecule has 116 valence electrons. The highest BCUT2D eigenvalue weighted by atomic mass is 32.2. The maximum absolute atomic E-state index is 12.1. The van der Waals surface area contributed by atoms with E-state index >= 15 is 0 Å². The molecule has 0 radical (unpaired) electrons. The topological polar surface area (TPSA) is 81.4 Å². The molecule has 1 atom stereocenters. The van der Waals surface area contributed by atoms with Crippen LogP contribution in [0.4, 0.5) is 0 Å². The van der Waals surface area contributed by atoms with Gasteiger partial charge in [0.25, 0.3) is 0 Å². The molecule has 6 heteroatoms. The Kier molecular flexibility index (Phi) is 5.84. The summed E-state index contributed by atoms with van der Waals surface area (Å²) >= 11 is 1.51. The van der Waals surface area contributed by atoms with Gasteiger partial charge in [0, 0.05) is 18.8 Å². The molecule has 1 aromatic carbocycles. The first-order valence-electron chi connectivity index (χ1n) is 7.17. The number of thioether (sulfide) groups is 1. The fraction of sp³-hybridized carbons (Fsp3) is 0.438. The third-order valence-electron chi connectivity index (χ3n) is 3.70.